The van der Waals surface area contributed by atoms with Crippen molar-refractivity contribution in [1.29, 1.82) is 0 Å². The maximum atomic E-state index is 13.8. The highest BCUT2D eigenvalue weighted by Crippen LogP contribution is 2.32. The highest BCUT2D eigenvalue weighted by atomic mass is 35.5. The van der Waals surface area contributed by atoms with Gasteiger partial charge in [0, 0.05) is 17.6 Å². The van der Waals surface area contributed by atoms with Gasteiger partial charge in [0.2, 0.25) is 5.91 Å². The van der Waals surface area contributed by atoms with Crippen LogP contribution in [0.2, 0.25) is 5.02 Å². The fourth-order valence-electron chi connectivity index (χ4n) is 5.32. The van der Waals surface area contributed by atoms with Crippen molar-refractivity contribution in [3.63, 3.8) is 0 Å². The minimum atomic E-state index is -1.01. The van der Waals surface area contributed by atoms with Crippen LogP contribution in [0, 0.1) is 5.92 Å². The summed E-state index contributed by atoms with van der Waals surface area (Å²) in [6.45, 7) is 4.97. The number of amides is 2. The Morgan fingerprint density at radius 1 is 1.12 bits per heavy atom. The first-order chi connectivity index (χ1) is 16.3. The summed E-state index contributed by atoms with van der Waals surface area (Å²) in [6.07, 6.45) is 4.85. The lowest BCUT2D eigenvalue weighted by molar-refractivity contribution is -0.133. The molecule has 0 spiro atoms. The van der Waals surface area contributed by atoms with Crippen molar-refractivity contribution in [1.82, 2.24) is 19.8 Å². The number of fused-ring (bicyclic) bond motifs is 3. The Balaban J connectivity index is 1.46. The van der Waals surface area contributed by atoms with Crippen molar-refractivity contribution in [3.8, 4) is 0 Å². The van der Waals surface area contributed by atoms with Crippen LogP contribution in [-0.2, 0) is 17.8 Å². The number of carbonyl (C=O) groups is 2. The number of halogens is 1. The third kappa shape index (κ3) is 4.20. The third-order valence-electron chi connectivity index (χ3n) is 7.53. The van der Waals surface area contributed by atoms with E-state index in [2.05, 4.69) is 17.2 Å². The molecule has 2 amide bonds. The molecule has 34 heavy (non-hydrogen) atoms. The first kappa shape index (κ1) is 22.9. The SMILES string of the molecule is CC1CCC(NC(=O)[C@]2(C)Cn3c(nc4ccccc43)C(=O)N2CCc2ccc(Cl)cc2)CC1. The maximum absolute atomic E-state index is 13.8. The average molecular weight is 479 g/mol. The summed E-state index contributed by atoms with van der Waals surface area (Å²) in [7, 11) is 0. The smallest absolute Gasteiger partial charge is 0.290 e. The number of para-hydroxylation sites is 2. The Kier molecular flexibility index (Phi) is 6.11. The van der Waals surface area contributed by atoms with E-state index in [9.17, 15) is 9.59 Å². The summed E-state index contributed by atoms with van der Waals surface area (Å²) in [5.74, 6) is 0.816. The molecule has 1 saturated carbocycles. The monoisotopic (exact) mass is 478 g/mol. The van der Waals surface area contributed by atoms with Gasteiger partial charge in [-0.2, -0.15) is 0 Å². The molecule has 7 heteroatoms. The Hall–Kier alpha value is -2.86. The number of carbonyl (C=O) groups excluding carboxylic acids is 2. The first-order valence-electron chi connectivity index (χ1n) is 12.2. The summed E-state index contributed by atoms with van der Waals surface area (Å²) in [5, 5.41) is 3.97. The summed E-state index contributed by atoms with van der Waals surface area (Å²) in [4.78, 5) is 33.9. The molecule has 5 rings (SSSR count). The number of rotatable bonds is 5. The lowest BCUT2D eigenvalue weighted by atomic mass is 9.86. The van der Waals surface area contributed by atoms with Gasteiger partial charge >= 0.3 is 0 Å². The van der Waals surface area contributed by atoms with Crippen LogP contribution in [0.3, 0.4) is 0 Å². The van der Waals surface area contributed by atoms with E-state index < -0.39 is 5.54 Å². The first-order valence-corrected chi connectivity index (χ1v) is 12.6. The van der Waals surface area contributed by atoms with Crippen LogP contribution < -0.4 is 5.32 Å². The second kappa shape index (κ2) is 9.06. The predicted molar refractivity (Wildman–Crippen MR) is 134 cm³/mol. The zero-order chi connectivity index (χ0) is 23.9. The summed E-state index contributed by atoms with van der Waals surface area (Å²) in [5.41, 5.74) is 1.71. The minimum Gasteiger partial charge on any atom is -0.351 e. The summed E-state index contributed by atoms with van der Waals surface area (Å²) >= 11 is 6.04. The normalized spacial score (nSPS) is 24.8. The quantitative estimate of drug-likeness (QED) is 0.570. The number of nitrogens with zero attached hydrogens (tertiary/aromatic N) is 3. The molecule has 1 fully saturated rings. The molecule has 0 bridgehead atoms. The molecule has 6 nitrogen and oxygen atoms in total. The Labute approximate surface area is 205 Å². The van der Waals surface area contributed by atoms with E-state index >= 15 is 0 Å². The van der Waals surface area contributed by atoms with E-state index in [1.165, 1.54) is 0 Å². The third-order valence-corrected chi connectivity index (χ3v) is 7.78. The van der Waals surface area contributed by atoms with E-state index in [4.69, 9.17) is 11.6 Å². The van der Waals surface area contributed by atoms with Crippen LogP contribution in [0.15, 0.2) is 48.5 Å². The lowest BCUT2D eigenvalue weighted by Gasteiger charge is -2.44. The highest BCUT2D eigenvalue weighted by molar-refractivity contribution is 6.30. The zero-order valence-electron chi connectivity index (χ0n) is 19.8. The molecule has 1 aliphatic carbocycles. The number of nitrogens with one attached hydrogen (secondary N) is 1. The van der Waals surface area contributed by atoms with Crippen molar-refractivity contribution in [2.75, 3.05) is 6.54 Å². The molecule has 1 aliphatic heterocycles. The fraction of sp³-hybridized carbons (Fsp3) is 0.444. The molecule has 2 aliphatic rings. The summed E-state index contributed by atoms with van der Waals surface area (Å²) in [6, 6.07) is 15.5. The standard InChI is InChI=1S/C27H31ClN4O2/c1-18-7-13-21(14-8-18)29-26(34)27(2)17-31-23-6-4-3-5-22(23)30-24(31)25(33)32(27)16-15-19-9-11-20(28)12-10-19/h3-6,9-12,18,21H,7-8,13-17H2,1-2H3,(H,29,34)/t18?,21?,27-/m0/s1. The van der Waals surface area contributed by atoms with Crippen LogP contribution in [0.1, 0.15) is 55.7 Å². The number of imidazole rings is 1. The number of aromatic nitrogens is 2. The Bertz CT molecular complexity index is 1210. The summed E-state index contributed by atoms with van der Waals surface area (Å²) < 4.78 is 1.92. The fourth-order valence-corrected chi connectivity index (χ4v) is 5.44. The van der Waals surface area contributed by atoms with Gasteiger partial charge in [-0.05, 0) is 74.8 Å². The molecule has 0 saturated heterocycles. The molecule has 0 radical (unpaired) electrons. The van der Waals surface area contributed by atoms with Crippen molar-refractivity contribution >= 4 is 34.4 Å². The van der Waals surface area contributed by atoms with Crippen LogP contribution in [-0.4, -0.2) is 44.4 Å². The van der Waals surface area contributed by atoms with E-state index in [-0.39, 0.29) is 17.9 Å². The van der Waals surface area contributed by atoms with Gasteiger partial charge in [0.1, 0.15) is 5.54 Å². The second-order valence-corrected chi connectivity index (χ2v) is 10.5. The van der Waals surface area contributed by atoms with Gasteiger partial charge in [0.05, 0.1) is 17.6 Å². The molecular formula is C27H31ClN4O2. The zero-order valence-corrected chi connectivity index (χ0v) is 20.5. The Morgan fingerprint density at radius 3 is 2.56 bits per heavy atom. The van der Waals surface area contributed by atoms with Gasteiger partial charge < -0.3 is 14.8 Å². The number of benzene rings is 2. The van der Waals surface area contributed by atoms with E-state index in [1.54, 1.807) is 4.90 Å². The van der Waals surface area contributed by atoms with E-state index in [0.717, 1.165) is 42.3 Å². The van der Waals surface area contributed by atoms with Crippen molar-refractivity contribution in [2.45, 2.75) is 64.1 Å². The predicted octanol–water partition coefficient (Wildman–Crippen LogP) is 4.84. The number of hydrogen-bond donors (Lipinski definition) is 1. The average Bonchev–Trinajstić information content (AvgIpc) is 3.20. The molecule has 2 heterocycles. The van der Waals surface area contributed by atoms with Gasteiger partial charge in [-0.1, -0.05) is 42.8 Å². The highest BCUT2D eigenvalue weighted by Gasteiger charge is 2.48. The molecular weight excluding hydrogens is 448 g/mol. The van der Waals surface area contributed by atoms with E-state index in [0.29, 0.717) is 36.3 Å². The van der Waals surface area contributed by atoms with Crippen LogP contribution in [0.5, 0.6) is 0 Å². The van der Waals surface area contributed by atoms with Gasteiger partial charge in [-0.15, -0.1) is 0 Å². The van der Waals surface area contributed by atoms with Gasteiger partial charge in [-0.3, -0.25) is 9.59 Å². The van der Waals surface area contributed by atoms with Gasteiger partial charge in [-0.25, -0.2) is 4.98 Å². The molecule has 1 atom stereocenters. The maximum Gasteiger partial charge on any atom is 0.290 e. The Morgan fingerprint density at radius 2 is 1.82 bits per heavy atom. The van der Waals surface area contributed by atoms with Crippen molar-refractivity contribution in [3.05, 3.63) is 64.9 Å². The van der Waals surface area contributed by atoms with Crippen LogP contribution in [0.25, 0.3) is 11.0 Å². The molecule has 178 valence electrons. The molecule has 3 aromatic rings. The number of hydrogen-bond acceptors (Lipinski definition) is 3. The molecule has 2 aromatic carbocycles. The van der Waals surface area contributed by atoms with Gasteiger partial charge in [0.25, 0.3) is 5.91 Å². The van der Waals surface area contributed by atoms with Crippen LogP contribution >= 0.6 is 11.6 Å². The lowest BCUT2D eigenvalue weighted by Crippen LogP contribution is -2.65. The molecule has 1 aromatic heterocycles. The van der Waals surface area contributed by atoms with Crippen LogP contribution in [0.4, 0.5) is 0 Å². The molecule has 0 unspecified atom stereocenters. The topological polar surface area (TPSA) is 67.2 Å². The minimum absolute atomic E-state index is 0.0834. The second-order valence-electron chi connectivity index (χ2n) is 10.0. The van der Waals surface area contributed by atoms with Crippen molar-refractivity contribution < 1.29 is 9.59 Å². The van der Waals surface area contributed by atoms with Crippen molar-refractivity contribution in [2.24, 2.45) is 5.92 Å². The molecule has 1 N–H and O–H groups in total. The van der Waals surface area contributed by atoms with Gasteiger partial charge in [0.15, 0.2) is 5.82 Å². The van der Waals surface area contributed by atoms with E-state index in [1.807, 2.05) is 60.0 Å². The largest absolute Gasteiger partial charge is 0.351 e.